The summed E-state index contributed by atoms with van der Waals surface area (Å²) >= 11 is 5.99. The molecule has 1 aliphatic rings. The first-order valence-corrected chi connectivity index (χ1v) is 7.88. The molecule has 3 rings (SSSR count). The van der Waals surface area contributed by atoms with E-state index in [0.29, 0.717) is 18.5 Å². The Kier molecular flexibility index (Phi) is 4.28. The second-order valence-electron chi connectivity index (χ2n) is 5.87. The molecule has 0 radical (unpaired) electrons. The van der Waals surface area contributed by atoms with Crippen molar-refractivity contribution < 1.29 is 14.0 Å². The van der Waals surface area contributed by atoms with E-state index in [9.17, 15) is 14.0 Å². The molecule has 0 spiro atoms. The molecule has 2 aromatic carbocycles. The molecule has 6 heteroatoms. The van der Waals surface area contributed by atoms with Gasteiger partial charge in [0.2, 0.25) is 0 Å². The van der Waals surface area contributed by atoms with Gasteiger partial charge in [0.15, 0.2) is 0 Å². The van der Waals surface area contributed by atoms with E-state index in [-0.39, 0.29) is 22.4 Å². The van der Waals surface area contributed by atoms with Crippen LogP contribution in [0.5, 0.6) is 0 Å². The lowest BCUT2D eigenvalue weighted by Crippen LogP contribution is -2.29. The highest BCUT2D eigenvalue weighted by molar-refractivity contribution is 6.34. The molecule has 0 fully saturated rings. The zero-order chi connectivity index (χ0) is 17.4. The van der Waals surface area contributed by atoms with Crippen molar-refractivity contribution in [3.8, 4) is 0 Å². The number of hydrogen-bond acceptors (Lipinski definition) is 2. The van der Waals surface area contributed by atoms with Crippen molar-refractivity contribution in [3.05, 3.63) is 63.9 Å². The second-order valence-corrected chi connectivity index (χ2v) is 6.28. The van der Waals surface area contributed by atoms with Crippen molar-refractivity contribution in [3.63, 3.8) is 0 Å². The summed E-state index contributed by atoms with van der Waals surface area (Å²) in [5.41, 5.74) is 2.55. The minimum Gasteiger partial charge on any atom is -0.345 e. The molecule has 2 amide bonds. The number of hydrogen-bond donors (Lipinski definition) is 0. The summed E-state index contributed by atoms with van der Waals surface area (Å²) < 4.78 is 13.2. The van der Waals surface area contributed by atoms with Gasteiger partial charge in [-0.3, -0.25) is 9.59 Å². The van der Waals surface area contributed by atoms with E-state index in [0.717, 1.165) is 17.3 Å². The van der Waals surface area contributed by atoms with Gasteiger partial charge in [0, 0.05) is 31.9 Å². The van der Waals surface area contributed by atoms with E-state index in [4.69, 9.17) is 11.6 Å². The highest BCUT2D eigenvalue weighted by atomic mass is 35.5. The number of rotatable bonds is 2. The quantitative estimate of drug-likeness (QED) is 0.836. The van der Waals surface area contributed by atoms with Gasteiger partial charge in [-0.1, -0.05) is 11.6 Å². The molecular weight excluding hydrogens is 331 g/mol. The number of fused-ring (bicyclic) bond motifs is 1. The highest BCUT2D eigenvalue weighted by Gasteiger charge is 2.27. The predicted octanol–water partition coefficient (Wildman–Crippen LogP) is 3.38. The van der Waals surface area contributed by atoms with Crippen LogP contribution in [-0.4, -0.2) is 37.4 Å². The second kappa shape index (κ2) is 6.24. The molecule has 0 N–H and O–H groups in total. The Morgan fingerprint density at radius 2 is 1.92 bits per heavy atom. The van der Waals surface area contributed by atoms with Gasteiger partial charge in [-0.05, 0) is 48.4 Å². The van der Waals surface area contributed by atoms with Crippen molar-refractivity contribution in [2.24, 2.45) is 0 Å². The molecule has 0 saturated carbocycles. The highest BCUT2D eigenvalue weighted by Crippen LogP contribution is 2.31. The fourth-order valence-corrected chi connectivity index (χ4v) is 3.06. The summed E-state index contributed by atoms with van der Waals surface area (Å²) in [6.07, 6.45) is 0.661. The maximum atomic E-state index is 13.2. The normalized spacial score (nSPS) is 12.9. The topological polar surface area (TPSA) is 40.6 Å². The number of anilines is 1. The number of amides is 2. The maximum Gasteiger partial charge on any atom is 0.259 e. The fraction of sp³-hybridized carbons (Fsp3) is 0.222. The molecule has 0 saturated heterocycles. The van der Waals surface area contributed by atoms with Crippen molar-refractivity contribution in [2.75, 3.05) is 25.5 Å². The minimum atomic E-state index is -0.481. The first-order valence-electron chi connectivity index (χ1n) is 7.50. The predicted molar refractivity (Wildman–Crippen MR) is 91.3 cm³/mol. The SMILES string of the molecule is CN(C)C(=O)c1ccc2c(c1)CCN2C(=O)c1ccc(F)cc1Cl. The van der Waals surface area contributed by atoms with E-state index < -0.39 is 5.82 Å². The summed E-state index contributed by atoms with van der Waals surface area (Å²) in [7, 11) is 3.39. The lowest BCUT2D eigenvalue weighted by atomic mass is 10.1. The summed E-state index contributed by atoms with van der Waals surface area (Å²) in [6, 6.07) is 9.03. The number of carbonyl (C=O) groups excluding carboxylic acids is 2. The third-order valence-corrected chi connectivity index (χ3v) is 4.35. The summed E-state index contributed by atoms with van der Waals surface area (Å²) in [5.74, 6) is -0.834. The summed E-state index contributed by atoms with van der Waals surface area (Å²) in [6.45, 7) is 0.501. The Bertz CT molecular complexity index is 836. The fourth-order valence-electron chi connectivity index (χ4n) is 2.81. The average Bonchev–Trinajstić information content (AvgIpc) is 2.96. The number of halogens is 2. The first kappa shape index (κ1) is 16.5. The number of benzene rings is 2. The van der Waals surface area contributed by atoms with Crippen LogP contribution < -0.4 is 4.90 Å². The van der Waals surface area contributed by atoms with Gasteiger partial charge in [-0.15, -0.1) is 0 Å². The molecule has 124 valence electrons. The molecule has 4 nitrogen and oxygen atoms in total. The molecule has 2 aromatic rings. The molecule has 24 heavy (non-hydrogen) atoms. The lowest BCUT2D eigenvalue weighted by Gasteiger charge is -2.18. The lowest BCUT2D eigenvalue weighted by molar-refractivity contribution is 0.0827. The average molecular weight is 347 g/mol. The van der Waals surface area contributed by atoms with Crippen LogP contribution in [0.25, 0.3) is 0 Å². The van der Waals surface area contributed by atoms with Crippen LogP contribution in [-0.2, 0) is 6.42 Å². The third-order valence-electron chi connectivity index (χ3n) is 4.03. The van der Waals surface area contributed by atoms with Crippen molar-refractivity contribution in [1.29, 1.82) is 0 Å². The standard InChI is InChI=1S/C18H16ClFN2O2/c1-21(2)17(23)12-3-6-16-11(9-12)7-8-22(16)18(24)14-5-4-13(20)10-15(14)19/h3-6,9-10H,7-8H2,1-2H3. The summed E-state index contributed by atoms with van der Waals surface area (Å²) in [4.78, 5) is 27.9. The van der Waals surface area contributed by atoms with Crippen molar-refractivity contribution in [2.45, 2.75) is 6.42 Å². The molecule has 0 atom stereocenters. The number of carbonyl (C=O) groups is 2. The van der Waals surface area contributed by atoms with E-state index >= 15 is 0 Å². The molecule has 1 heterocycles. The molecule has 0 unspecified atom stereocenters. The molecule has 0 aliphatic carbocycles. The van der Waals surface area contributed by atoms with Crippen LogP contribution >= 0.6 is 11.6 Å². The minimum absolute atomic E-state index is 0.0795. The molecule has 0 bridgehead atoms. The van der Waals surface area contributed by atoms with Gasteiger partial charge in [-0.25, -0.2) is 4.39 Å². The largest absolute Gasteiger partial charge is 0.345 e. The Morgan fingerprint density at radius 3 is 2.58 bits per heavy atom. The third kappa shape index (κ3) is 2.87. The smallest absolute Gasteiger partial charge is 0.259 e. The van der Waals surface area contributed by atoms with Gasteiger partial charge in [-0.2, -0.15) is 0 Å². The summed E-state index contributed by atoms with van der Waals surface area (Å²) in [5, 5.41) is 0.0906. The molecule has 0 aromatic heterocycles. The van der Waals surface area contributed by atoms with Crippen LogP contribution in [0, 0.1) is 5.82 Å². The van der Waals surface area contributed by atoms with E-state index in [1.54, 1.807) is 31.1 Å². The van der Waals surface area contributed by atoms with Gasteiger partial charge in [0.1, 0.15) is 5.82 Å². The van der Waals surface area contributed by atoms with Gasteiger partial charge in [0.05, 0.1) is 10.6 Å². The Hall–Kier alpha value is -2.40. The van der Waals surface area contributed by atoms with Gasteiger partial charge < -0.3 is 9.80 Å². The molecular formula is C18H16ClFN2O2. The van der Waals surface area contributed by atoms with Gasteiger partial charge in [0.25, 0.3) is 11.8 Å². The first-order chi connectivity index (χ1) is 11.4. The van der Waals surface area contributed by atoms with Crippen LogP contribution in [0.15, 0.2) is 36.4 Å². The zero-order valence-electron chi connectivity index (χ0n) is 13.3. The van der Waals surface area contributed by atoms with E-state index in [1.807, 2.05) is 6.07 Å². The molecule has 1 aliphatic heterocycles. The van der Waals surface area contributed by atoms with Crippen LogP contribution in [0.3, 0.4) is 0 Å². The van der Waals surface area contributed by atoms with E-state index in [2.05, 4.69) is 0 Å². The Balaban J connectivity index is 1.92. The Morgan fingerprint density at radius 1 is 1.17 bits per heavy atom. The monoisotopic (exact) mass is 346 g/mol. The van der Waals surface area contributed by atoms with Crippen molar-refractivity contribution >= 4 is 29.1 Å². The van der Waals surface area contributed by atoms with E-state index in [1.165, 1.54) is 17.0 Å². The number of nitrogens with zero attached hydrogens (tertiary/aromatic N) is 2. The van der Waals surface area contributed by atoms with Crippen molar-refractivity contribution in [1.82, 2.24) is 4.90 Å². The van der Waals surface area contributed by atoms with Gasteiger partial charge >= 0.3 is 0 Å². The maximum absolute atomic E-state index is 13.2. The zero-order valence-corrected chi connectivity index (χ0v) is 14.1. The Labute approximate surface area is 144 Å². The van der Waals surface area contributed by atoms with Crippen LogP contribution in [0.1, 0.15) is 26.3 Å². The van der Waals surface area contributed by atoms with Crippen LogP contribution in [0.2, 0.25) is 5.02 Å². The van der Waals surface area contributed by atoms with Crippen LogP contribution in [0.4, 0.5) is 10.1 Å².